The van der Waals surface area contributed by atoms with Gasteiger partial charge < -0.3 is 18.9 Å². The van der Waals surface area contributed by atoms with Crippen molar-refractivity contribution in [2.45, 2.75) is 65.2 Å². The zero-order chi connectivity index (χ0) is 24.8. The molecule has 0 saturated heterocycles. The van der Waals surface area contributed by atoms with Crippen molar-refractivity contribution >= 4 is 23.9 Å². The molecule has 3 rings (SSSR count). The fourth-order valence-electron chi connectivity index (χ4n) is 4.39. The third-order valence-corrected chi connectivity index (χ3v) is 5.57. The zero-order valence-corrected chi connectivity index (χ0v) is 19.7. The standard InChI is InChI=1S/C26H28O8/c1-15(27)31-23-11-9-19(13-25(23)33-17(3)29)21-7-5-6-8-22(21)20-10-12-24(32-16(2)28)26(14-20)34-18(4)30/h9-14,21-22H,5-8H2,1-4H3. The second-order valence-electron chi connectivity index (χ2n) is 8.28. The van der Waals surface area contributed by atoms with Gasteiger partial charge in [-0.1, -0.05) is 25.0 Å². The van der Waals surface area contributed by atoms with Crippen molar-refractivity contribution in [1.29, 1.82) is 0 Å². The molecule has 8 nitrogen and oxygen atoms in total. The van der Waals surface area contributed by atoms with Gasteiger partial charge in [-0.15, -0.1) is 0 Å². The Morgan fingerprint density at radius 3 is 1.21 bits per heavy atom. The quantitative estimate of drug-likeness (QED) is 0.439. The van der Waals surface area contributed by atoms with Crippen molar-refractivity contribution in [3.8, 4) is 23.0 Å². The molecule has 1 saturated carbocycles. The van der Waals surface area contributed by atoms with E-state index in [1.165, 1.54) is 27.7 Å². The molecular weight excluding hydrogens is 440 g/mol. The summed E-state index contributed by atoms with van der Waals surface area (Å²) in [5.74, 6) is -1.15. The van der Waals surface area contributed by atoms with Gasteiger partial charge in [-0.05, 0) is 60.1 Å². The molecule has 8 heteroatoms. The van der Waals surface area contributed by atoms with Crippen LogP contribution in [0.1, 0.15) is 76.3 Å². The summed E-state index contributed by atoms with van der Waals surface area (Å²) in [4.78, 5) is 46.1. The van der Waals surface area contributed by atoms with Gasteiger partial charge >= 0.3 is 23.9 Å². The molecule has 0 bridgehead atoms. The first-order chi connectivity index (χ1) is 16.1. The lowest BCUT2D eigenvalue weighted by atomic mass is 9.72. The number of ether oxygens (including phenoxy) is 4. The number of benzene rings is 2. The van der Waals surface area contributed by atoms with Gasteiger partial charge in [-0.2, -0.15) is 0 Å². The van der Waals surface area contributed by atoms with E-state index in [1.54, 1.807) is 24.3 Å². The lowest BCUT2D eigenvalue weighted by molar-refractivity contribution is -0.134. The highest BCUT2D eigenvalue weighted by Gasteiger charge is 2.30. The third-order valence-electron chi connectivity index (χ3n) is 5.57. The molecule has 0 heterocycles. The van der Waals surface area contributed by atoms with Crippen LogP contribution in [0.15, 0.2) is 36.4 Å². The van der Waals surface area contributed by atoms with Gasteiger partial charge in [0.1, 0.15) is 0 Å². The predicted molar refractivity (Wildman–Crippen MR) is 122 cm³/mol. The van der Waals surface area contributed by atoms with E-state index < -0.39 is 23.9 Å². The van der Waals surface area contributed by atoms with E-state index in [0.29, 0.717) is 0 Å². The molecule has 0 radical (unpaired) electrons. The van der Waals surface area contributed by atoms with Gasteiger partial charge in [0.05, 0.1) is 0 Å². The lowest BCUT2D eigenvalue weighted by Gasteiger charge is -2.33. The molecule has 1 aliphatic rings. The Kier molecular flexibility index (Phi) is 8.04. The Morgan fingerprint density at radius 2 is 0.882 bits per heavy atom. The third kappa shape index (κ3) is 6.43. The molecule has 0 aromatic heterocycles. The maximum atomic E-state index is 11.6. The van der Waals surface area contributed by atoms with Crippen LogP contribution >= 0.6 is 0 Å². The van der Waals surface area contributed by atoms with Crippen LogP contribution in [0.5, 0.6) is 23.0 Å². The summed E-state index contributed by atoms with van der Waals surface area (Å²) in [5, 5.41) is 0. The van der Waals surface area contributed by atoms with Gasteiger partial charge in [0.2, 0.25) is 0 Å². The molecule has 34 heavy (non-hydrogen) atoms. The van der Waals surface area contributed by atoms with Gasteiger partial charge in [0.25, 0.3) is 0 Å². The van der Waals surface area contributed by atoms with Crippen LogP contribution in [0, 0.1) is 0 Å². The van der Waals surface area contributed by atoms with Crippen LogP contribution in [0.3, 0.4) is 0 Å². The van der Waals surface area contributed by atoms with E-state index in [2.05, 4.69) is 0 Å². The van der Waals surface area contributed by atoms with E-state index >= 15 is 0 Å². The Morgan fingerprint density at radius 1 is 0.559 bits per heavy atom. The molecule has 1 fully saturated rings. The SMILES string of the molecule is CC(=O)Oc1ccc(C2CCCCC2c2ccc(OC(C)=O)c(OC(C)=O)c2)cc1OC(C)=O. The van der Waals surface area contributed by atoms with E-state index in [9.17, 15) is 19.2 Å². The highest BCUT2D eigenvalue weighted by Crippen LogP contribution is 2.47. The van der Waals surface area contributed by atoms with Gasteiger partial charge in [0, 0.05) is 27.7 Å². The zero-order valence-electron chi connectivity index (χ0n) is 19.7. The summed E-state index contributed by atoms with van der Waals surface area (Å²) >= 11 is 0. The largest absolute Gasteiger partial charge is 0.423 e. The smallest absolute Gasteiger partial charge is 0.308 e. The minimum Gasteiger partial charge on any atom is -0.423 e. The first-order valence-corrected chi connectivity index (χ1v) is 11.2. The number of carbonyl (C=O) groups is 4. The van der Waals surface area contributed by atoms with Crippen LogP contribution in [-0.2, 0) is 19.2 Å². The first kappa shape index (κ1) is 25.0. The number of hydrogen-bond acceptors (Lipinski definition) is 8. The predicted octanol–water partition coefficient (Wildman–Crippen LogP) is 4.83. The van der Waals surface area contributed by atoms with Crippen molar-refractivity contribution < 1.29 is 38.1 Å². The fourth-order valence-corrected chi connectivity index (χ4v) is 4.39. The van der Waals surface area contributed by atoms with Crippen LogP contribution in [0.4, 0.5) is 0 Å². The molecule has 2 aromatic rings. The topological polar surface area (TPSA) is 105 Å². The summed E-state index contributed by atoms with van der Waals surface area (Å²) in [6.07, 6.45) is 3.84. The molecule has 2 aromatic carbocycles. The van der Waals surface area contributed by atoms with Gasteiger partial charge in [0.15, 0.2) is 23.0 Å². The Balaban J connectivity index is 1.99. The Hall–Kier alpha value is -3.68. The lowest BCUT2D eigenvalue weighted by Crippen LogP contribution is -2.17. The molecule has 0 N–H and O–H groups in total. The minimum atomic E-state index is -0.516. The number of rotatable bonds is 6. The highest BCUT2D eigenvalue weighted by atomic mass is 16.6. The second-order valence-corrected chi connectivity index (χ2v) is 8.28. The molecule has 180 valence electrons. The highest BCUT2D eigenvalue weighted by molar-refractivity contribution is 5.74. The van der Waals surface area contributed by atoms with Crippen molar-refractivity contribution in [3.63, 3.8) is 0 Å². The van der Waals surface area contributed by atoms with E-state index in [-0.39, 0.29) is 34.8 Å². The Bertz CT molecular complexity index is 1020. The van der Waals surface area contributed by atoms with Gasteiger partial charge in [-0.25, -0.2) is 0 Å². The summed E-state index contributed by atoms with van der Waals surface area (Å²) in [5.41, 5.74) is 1.88. The van der Waals surface area contributed by atoms with Crippen molar-refractivity contribution in [2.24, 2.45) is 0 Å². The van der Waals surface area contributed by atoms with Crippen LogP contribution in [0.25, 0.3) is 0 Å². The maximum Gasteiger partial charge on any atom is 0.308 e. The monoisotopic (exact) mass is 468 g/mol. The first-order valence-electron chi connectivity index (χ1n) is 11.2. The van der Waals surface area contributed by atoms with Gasteiger partial charge in [-0.3, -0.25) is 19.2 Å². The van der Waals surface area contributed by atoms with Crippen LogP contribution < -0.4 is 18.9 Å². The molecular formula is C26H28O8. The molecule has 0 amide bonds. The Labute approximate surface area is 198 Å². The summed E-state index contributed by atoms with van der Waals surface area (Å²) in [7, 11) is 0. The summed E-state index contributed by atoms with van der Waals surface area (Å²) in [6, 6.07) is 10.5. The number of esters is 4. The average molecular weight is 469 g/mol. The van der Waals surface area contributed by atoms with Crippen LogP contribution in [0.2, 0.25) is 0 Å². The fraction of sp³-hybridized carbons (Fsp3) is 0.385. The maximum absolute atomic E-state index is 11.6. The summed E-state index contributed by atoms with van der Waals surface area (Å²) in [6.45, 7) is 5.13. The van der Waals surface area contributed by atoms with Crippen molar-refractivity contribution in [3.05, 3.63) is 47.5 Å². The van der Waals surface area contributed by atoms with Crippen molar-refractivity contribution in [2.75, 3.05) is 0 Å². The van der Waals surface area contributed by atoms with E-state index in [4.69, 9.17) is 18.9 Å². The number of hydrogen-bond donors (Lipinski definition) is 0. The summed E-state index contributed by atoms with van der Waals surface area (Å²) < 4.78 is 21.0. The normalized spacial score (nSPS) is 17.4. The van der Waals surface area contributed by atoms with E-state index in [0.717, 1.165) is 36.8 Å². The average Bonchev–Trinajstić information content (AvgIpc) is 2.75. The minimum absolute atomic E-state index is 0.0826. The molecule has 2 unspecified atom stereocenters. The van der Waals surface area contributed by atoms with Crippen molar-refractivity contribution in [1.82, 2.24) is 0 Å². The molecule has 2 atom stereocenters. The van der Waals surface area contributed by atoms with Crippen LogP contribution in [-0.4, -0.2) is 23.9 Å². The molecule has 0 aliphatic heterocycles. The molecule has 0 spiro atoms. The number of carbonyl (C=O) groups excluding carboxylic acids is 4. The second kappa shape index (κ2) is 11.0. The molecule has 1 aliphatic carbocycles. The van der Waals surface area contributed by atoms with E-state index in [1.807, 2.05) is 12.1 Å².